The van der Waals surface area contributed by atoms with Gasteiger partial charge in [-0.05, 0) is 43.4 Å². The number of rotatable bonds is 6. The molecule has 0 saturated heterocycles. The molecular weight excluding hydrogens is 333 g/mol. The van der Waals surface area contributed by atoms with Crippen molar-refractivity contribution in [1.29, 1.82) is 0 Å². The second-order valence-corrected chi connectivity index (χ2v) is 8.31. The molecule has 0 radical (unpaired) electrons. The number of carbonyl (C=O) groups is 1. The van der Waals surface area contributed by atoms with Crippen LogP contribution in [0.2, 0.25) is 5.02 Å². The highest BCUT2D eigenvalue weighted by atomic mass is 35.7. The zero-order chi connectivity index (χ0) is 15.6. The van der Waals surface area contributed by atoms with Crippen molar-refractivity contribution < 1.29 is 13.2 Å². The first-order chi connectivity index (χ1) is 9.81. The van der Waals surface area contributed by atoms with Crippen LogP contribution in [0.4, 0.5) is 0 Å². The first-order valence-corrected chi connectivity index (χ1v) is 9.54. The zero-order valence-electron chi connectivity index (χ0n) is 11.7. The fourth-order valence-corrected chi connectivity index (χ4v) is 3.27. The van der Waals surface area contributed by atoms with Gasteiger partial charge in [-0.15, -0.1) is 0 Å². The fourth-order valence-electron chi connectivity index (χ4n) is 2.17. The summed E-state index contributed by atoms with van der Waals surface area (Å²) in [7, 11) is 1.42. The van der Waals surface area contributed by atoms with E-state index in [0.29, 0.717) is 19.0 Å². The quantitative estimate of drug-likeness (QED) is 0.738. The number of nitrogens with zero attached hydrogens (tertiary/aromatic N) is 1. The van der Waals surface area contributed by atoms with E-state index in [1.807, 2.05) is 6.92 Å². The van der Waals surface area contributed by atoms with Crippen LogP contribution in [0.1, 0.15) is 36.5 Å². The van der Waals surface area contributed by atoms with E-state index < -0.39 is 9.05 Å². The maximum atomic E-state index is 12.6. The molecule has 1 fully saturated rings. The third kappa shape index (κ3) is 4.59. The van der Waals surface area contributed by atoms with Gasteiger partial charge in [0.1, 0.15) is 0 Å². The fraction of sp³-hybridized carbons (Fsp3) is 0.500. The summed E-state index contributed by atoms with van der Waals surface area (Å²) < 4.78 is 22.9. The predicted molar refractivity (Wildman–Crippen MR) is 83.4 cm³/mol. The van der Waals surface area contributed by atoms with Crippen molar-refractivity contribution in [2.45, 2.75) is 31.1 Å². The Labute approximate surface area is 134 Å². The lowest BCUT2D eigenvalue weighted by Gasteiger charge is -2.22. The number of hydrogen-bond acceptors (Lipinski definition) is 3. The average molecular weight is 350 g/mol. The molecular formula is C14H17Cl2NO3S. The third-order valence-electron chi connectivity index (χ3n) is 3.36. The summed E-state index contributed by atoms with van der Waals surface area (Å²) in [5.74, 6) is 0.365. The molecule has 116 valence electrons. The van der Waals surface area contributed by atoms with Crippen LogP contribution in [0.3, 0.4) is 0 Å². The summed E-state index contributed by atoms with van der Waals surface area (Å²) in [4.78, 5) is 14.2. The molecule has 0 atom stereocenters. The monoisotopic (exact) mass is 349 g/mol. The molecule has 1 aromatic carbocycles. The van der Waals surface area contributed by atoms with E-state index in [1.165, 1.54) is 18.2 Å². The Kier molecular flexibility index (Phi) is 5.17. The number of halogens is 2. The zero-order valence-corrected chi connectivity index (χ0v) is 14.0. The lowest BCUT2D eigenvalue weighted by molar-refractivity contribution is 0.0747. The van der Waals surface area contributed by atoms with E-state index in [1.54, 1.807) is 4.90 Å². The minimum Gasteiger partial charge on any atom is -0.338 e. The molecule has 0 aliphatic heterocycles. The SMILES string of the molecule is CCCN(CC1CC1)C(=O)c1cc(Cl)cc(S(=O)(=O)Cl)c1. The summed E-state index contributed by atoms with van der Waals surface area (Å²) in [6.07, 6.45) is 3.13. The molecule has 4 nitrogen and oxygen atoms in total. The van der Waals surface area contributed by atoms with Crippen LogP contribution in [0, 0.1) is 5.92 Å². The van der Waals surface area contributed by atoms with E-state index in [-0.39, 0.29) is 21.4 Å². The minimum atomic E-state index is -3.91. The molecule has 7 heteroatoms. The van der Waals surface area contributed by atoms with Crippen molar-refractivity contribution in [1.82, 2.24) is 4.90 Å². The number of amides is 1. The minimum absolute atomic E-state index is 0.150. The van der Waals surface area contributed by atoms with E-state index in [0.717, 1.165) is 19.3 Å². The molecule has 2 rings (SSSR count). The molecule has 0 bridgehead atoms. The van der Waals surface area contributed by atoms with E-state index in [4.69, 9.17) is 22.3 Å². The van der Waals surface area contributed by atoms with Gasteiger partial charge in [-0.1, -0.05) is 18.5 Å². The predicted octanol–water partition coefficient (Wildman–Crippen LogP) is 3.53. The van der Waals surface area contributed by atoms with E-state index in [9.17, 15) is 13.2 Å². The lowest BCUT2D eigenvalue weighted by Crippen LogP contribution is -2.33. The van der Waals surface area contributed by atoms with Crippen molar-refractivity contribution in [3.05, 3.63) is 28.8 Å². The Balaban J connectivity index is 2.29. The molecule has 1 aliphatic carbocycles. The topological polar surface area (TPSA) is 54.5 Å². The summed E-state index contributed by atoms with van der Waals surface area (Å²) >= 11 is 5.91. The van der Waals surface area contributed by atoms with E-state index >= 15 is 0 Å². The summed E-state index contributed by atoms with van der Waals surface area (Å²) in [5.41, 5.74) is 0.260. The number of carbonyl (C=O) groups excluding carboxylic acids is 1. The van der Waals surface area contributed by atoms with Crippen molar-refractivity contribution in [3.8, 4) is 0 Å². The highest BCUT2D eigenvalue weighted by molar-refractivity contribution is 8.13. The molecule has 0 unspecified atom stereocenters. The van der Waals surface area contributed by atoms with Gasteiger partial charge in [0.15, 0.2) is 0 Å². The second-order valence-electron chi connectivity index (χ2n) is 5.31. The van der Waals surface area contributed by atoms with Crippen LogP contribution >= 0.6 is 22.3 Å². The molecule has 1 aromatic rings. The maximum absolute atomic E-state index is 12.6. The highest BCUT2D eigenvalue weighted by Crippen LogP contribution is 2.30. The second kappa shape index (κ2) is 6.55. The molecule has 0 N–H and O–H groups in total. The van der Waals surface area contributed by atoms with Crippen LogP contribution in [-0.4, -0.2) is 32.3 Å². The summed E-state index contributed by atoms with van der Waals surface area (Å²) in [6.45, 7) is 3.35. The molecule has 0 heterocycles. The van der Waals surface area contributed by atoms with Crippen LogP contribution in [-0.2, 0) is 9.05 Å². The van der Waals surface area contributed by atoms with Gasteiger partial charge in [0.25, 0.3) is 15.0 Å². The van der Waals surface area contributed by atoms with E-state index in [2.05, 4.69) is 0 Å². The Hall–Kier alpha value is -0.780. The standard InChI is InChI=1S/C14H17Cl2NO3S/c1-2-5-17(9-10-3-4-10)14(18)11-6-12(15)8-13(7-11)21(16,19)20/h6-8,10H,2-5,9H2,1H3. The first-order valence-electron chi connectivity index (χ1n) is 6.85. The molecule has 1 amide bonds. The van der Waals surface area contributed by atoms with Crippen LogP contribution in [0.5, 0.6) is 0 Å². The Bertz CT molecular complexity index is 642. The normalized spacial score (nSPS) is 15.0. The van der Waals surface area contributed by atoms with Gasteiger partial charge in [-0.2, -0.15) is 0 Å². The van der Waals surface area contributed by atoms with Gasteiger partial charge in [-0.3, -0.25) is 4.79 Å². The third-order valence-corrected chi connectivity index (χ3v) is 4.91. The van der Waals surface area contributed by atoms with Crippen LogP contribution < -0.4 is 0 Å². The number of hydrogen-bond donors (Lipinski definition) is 0. The highest BCUT2D eigenvalue weighted by Gasteiger charge is 2.27. The van der Waals surface area contributed by atoms with Crippen molar-refractivity contribution >= 4 is 37.2 Å². The Morgan fingerprint density at radius 3 is 2.52 bits per heavy atom. The van der Waals surface area contributed by atoms with Gasteiger partial charge < -0.3 is 4.90 Å². The largest absolute Gasteiger partial charge is 0.338 e. The van der Waals surface area contributed by atoms with Crippen LogP contribution in [0.15, 0.2) is 23.1 Å². The molecule has 1 aliphatic rings. The Morgan fingerprint density at radius 2 is 2.00 bits per heavy atom. The average Bonchev–Trinajstić information content (AvgIpc) is 3.19. The van der Waals surface area contributed by atoms with Crippen molar-refractivity contribution in [2.24, 2.45) is 5.92 Å². The maximum Gasteiger partial charge on any atom is 0.261 e. The van der Waals surface area contributed by atoms with Crippen molar-refractivity contribution in [2.75, 3.05) is 13.1 Å². The van der Waals surface area contributed by atoms with Crippen molar-refractivity contribution in [3.63, 3.8) is 0 Å². The number of benzene rings is 1. The van der Waals surface area contributed by atoms with Gasteiger partial charge >= 0.3 is 0 Å². The smallest absolute Gasteiger partial charge is 0.261 e. The van der Waals surface area contributed by atoms with Gasteiger partial charge in [-0.25, -0.2) is 8.42 Å². The van der Waals surface area contributed by atoms with Crippen LogP contribution in [0.25, 0.3) is 0 Å². The van der Waals surface area contributed by atoms with Gasteiger partial charge in [0, 0.05) is 34.4 Å². The molecule has 1 saturated carbocycles. The molecule has 21 heavy (non-hydrogen) atoms. The first kappa shape index (κ1) is 16.6. The van der Waals surface area contributed by atoms with Gasteiger partial charge in [0.2, 0.25) is 0 Å². The molecule has 0 aromatic heterocycles. The Morgan fingerprint density at radius 1 is 1.33 bits per heavy atom. The summed E-state index contributed by atoms with van der Waals surface area (Å²) in [5, 5.41) is 0.183. The lowest BCUT2D eigenvalue weighted by atomic mass is 10.2. The van der Waals surface area contributed by atoms with Gasteiger partial charge in [0.05, 0.1) is 4.90 Å². The summed E-state index contributed by atoms with van der Waals surface area (Å²) in [6, 6.07) is 4.00. The molecule has 0 spiro atoms.